The van der Waals surface area contributed by atoms with Crippen LogP contribution in [0.15, 0.2) is 36.5 Å². The molecule has 0 amide bonds. The molecule has 2 N–H and O–H groups in total. The van der Waals surface area contributed by atoms with E-state index in [1.165, 1.54) is 12.1 Å². The van der Waals surface area contributed by atoms with Crippen molar-refractivity contribution < 1.29 is 9.18 Å². The molecule has 19 heavy (non-hydrogen) atoms. The highest BCUT2D eigenvalue weighted by atomic mass is 19.1. The summed E-state index contributed by atoms with van der Waals surface area (Å²) >= 11 is 0. The quantitative estimate of drug-likeness (QED) is 0.857. The van der Waals surface area contributed by atoms with Crippen LogP contribution in [-0.2, 0) is 13.5 Å². The summed E-state index contributed by atoms with van der Waals surface area (Å²) in [5, 5.41) is 0. The first kappa shape index (κ1) is 13.5. The molecule has 4 heteroatoms. The van der Waals surface area contributed by atoms with Gasteiger partial charge in [0.05, 0.1) is 5.56 Å². The van der Waals surface area contributed by atoms with Crippen LogP contribution >= 0.6 is 0 Å². The summed E-state index contributed by atoms with van der Waals surface area (Å²) in [5.41, 5.74) is 7.31. The van der Waals surface area contributed by atoms with Gasteiger partial charge in [0.1, 0.15) is 5.82 Å². The molecule has 1 heterocycles. The molecule has 0 aliphatic heterocycles. The summed E-state index contributed by atoms with van der Waals surface area (Å²) in [6, 6.07) is 7.80. The minimum absolute atomic E-state index is 0.0185. The zero-order valence-corrected chi connectivity index (χ0v) is 11.1. The molecule has 2 rings (SSSR count). The van der Waals surface area contributed by atoms with Gasteiger partial charge in [0.15, 0.2) is 5.78 Å². The number of nitrogens with two attached hydrogens (primary N) is 1. The second kappa shape index (κ2) is 5.36. The van der Waals surface area contributed by atoms with Crippen LogP contribution in [0.2, 0.25) is 0 Å². The molecule has 0 saturated carbocycles. The summed E-state index contributed by atoms with van der Waals surface area (Å²) in [6.45, 7) is 1.91. The fourth-order valence-corrected chi connectivity index (χ4v) is 2.07. The van der Waals surface area contributed by atoms with Gasteiger partial charge in [0, 0.05) is 37.0 Å². The van der Waals surface area contributed by atoms with Crippen LogP contribution in [0.25, 0.3) is 0 Å². The van der Waals surface area contributed by atoms with Crippen LogP contribution < -0.4 is 5.73 Å². The largest absolute Gasteiger partial charge is 0.354 e. The van der Waals surface area contributed by atoms with E-state index in [9.17, 15) is 9.18 Å². The van der Waals surface area contributed by atoms with E-state index in [-0.39, 0.29) is 17.4 Å². The zero-order valence-electron chi connectivity index (χ0n) is 11.1. The van der Waals surface area contributed by atoms with Crippen molar-refractivity contribution in [1.82, 2.24) is 4.57 Å². The molecule has 2 aromatic rings. The van der Waals surface area contributed by atoms with Crippen molar-refractivity contribution >= 4 is 5.78 Å². The van der Waals surface area contributed by atoms with Crippen molar-refractivity contribution in [2.45, 2.75) is 19.4 Å². The molecule has 0 bridgehead atoms. The van der Waals surface area contributed by atoms with Crippen LogP contribution in [0.5, 0.6) is 0 Å². The lowest BCUT2D eigenvalue weighted by atomic mass is 10.0. The van der Waals surface area contributed by atoms with Gasteiger partial charge in [-0.15, -0.1) is 0 Å². The Labute approximate surface area is 111 Å². The smallest absolute Gasteiger partial charge is 0.197 e. The van der Waals surface area contributed by atoms with Crippen LogP contribution in [-0.4, -0.2) is 16.4 Å². The molecule has 0 fully saturated rings. The minimum atomic E-state index is -0.495. The molecule has 100 valence electrons. The highest BCUT2D eigenvalue weighted by molar-refractivity contribution is 6.09. The third kappa shape index (κ3) is 2.90. The lowest BCUT2D eigenvalue weighted by Gasteiger charge is -2.05. The maximum atomic E-state index is 13.6. The van der Waals surface area contributed by atoms with Crippen LogP contribution in [0.3, 0.4) is 0 Å². The number of rotatable bonds is 4. The standard InChI is InChI=1S/C15H17FN2O/c1-10(17)7-12-8-11(9-18(12)2)15(19)13-5-3-4-6-14(13)16/h3-6,8-10H,7,17H2,1-2H3. The highest BCUT2D eigenvalue weighted by Crippen LogP contribution is 2.16. The van der Waals surface area contributed by atoms with Gasteiger partial charge in [-0.25, -0.2) is 4.39 Å². The maximum absolute atomic E-state index is 13.6. The van der Waals surface area contributed by atoms with Crippen molar-refractivity contribution in [2.24, 2.45) is 12.8 Å². The Balaban J connectivity index is 2.33. The molecule has 0 spiro atoms. The molecular weight excluding hydrogens is 243 g/mol. The Kier molecular flexibility index (Phi) is 3.81. The van der Waals surface area contributed by atoms with Crippen LogP contribution in [0.4, 0.5) is 4.39 Å². The molecule has 0 radical (unpaired) electrons. The first-order chi connectivity index (χ1) is 8.99. The number of aromatic nitrogens is 1. The van der Waals surface area contributed by atoms with Crippen molar-refractivity contribution in [2.75, 3.05) is 0 Å². The Morgan fingerprint density at radius 1 is 1.42 bits per heavy atom. The minimum Gasteiger partial charge on any atom is -0.354 e. The first-order valence-electron chi connectivity index (χ1n) is 6.19. The molecule has 1 aromatic heterocycles. The zero-order chi connectivity index (χ0) is 14.0. The molecule has 0 aliphatic rings. The number of ketones is 1. The summed E-state index contributed by atoms with van der Waals surface area (Å²) in [4.78, 5) is 12.2. The summed E-state index contributed by atoms with van der Waals surface area (Å²) < 4.78 is 15.5. The second-order valence-corrected chi connectivity index (χ2v) is 4.82. The summed E-state index contributed by atoms with van der Waals surface area (Å²) in [6.07, 6.45) is 2.40. The predicted octanol–water partition coefficient (Wildman–Crippen LogP) is 2.28. The lowest BCUT2D eigenvalue weighted by Crippen LogP contribution is -2.19. The van der Waals surface area contributed by atoms with Gasteiger partial charge in [-0.05, 0) is 25.1 Å². The number of nitrogens with zero attached hydrogens (tertiary/aromatic N) is 1. The molecule has 1 aromatic carbocycles. The average Bonchev–Trinajstić information content (AvgIpc) is 2.70. The summed E-state index contributed by atoms with van der Waals surface area (Å²) in [5.74, 6) is -0.797. The van der Waals surface area contributed by atoms with Crippen LogP contribution in [0, 0.1) is 5.82 Å². The van der Waals surface area contributed by atoms with Gasteiger partial charge in [-0.2, -0.15) is 0 Å². The van der Waals surface area contributed by atoms with Gasteiger partial charge < -0.3 is 10.3 Å². The SMILES string of the molecule is CC(N)Cc1cc(C(=O)c2ccccc2F)cn1C. The van der Waals surface area contributed by atoms with E-state index in [2.05, 4.69) is 0 Å². The maximum Gasteiger partial charge on any atom is 0.197 e. The second-order valence-electron chi connectivity index (χ2n) is 4.82. The fraction of sp³-hybridized carbons (Fsp3) is 0.267. The Bertz CT molecular complexity index is 602. The normalized spacial score (nSPS) is 12.4. The molecular formula is C15H17FN2O. The van der Waals surface area contributed by atoms with Gasteiger partial charge in [0.2, 0.25) is 0 Å². The van der Waals surface area contributed by atoms with Gasteiger partial charge in [-0.3, -0.25) is 4.79 Å². The predicted molar refractivity (Wildman–Crippen MR) is 72.6 cm³/mol. The molecule has 0 saturated heterocycles. The van der Waals surface area contributed by atoms with E-state index in [4.69, 9.17) is 5.73 Å². The Morgan fingerprint density at radius 2 is 2.11 bits per heavy atom. The Morgan fingerprint density at radius 3 is 2.74 bits per heavy atom. The van der Waals surface area contributed by atoms with E-state index < -0.39 is 5.82 Å². The third-order valence-corrected chi connectivity index (χ3v) is 3.02. The van der Waals surface area contributed by atoms with E-state index in [1.54, 1.807) is 24.4 Å². The highest BCUT2D eigenvalue weighted by Gasteiger charge is 2.16. The lowest BCUT2D eigenvalue weighted by molar-refractivity contribution is 0.103. The van der Waals surface area contributed by atoms with Crippen LogP contribution in [0.1, 0.15) is 28.5 Å². The fourth-order valence-electron chi connectivity index (χ4n) is 2.07. The molecule has 0 aliphatic carbocycles. The molecule has 3 nitrogen and oxygen atoms in total. The van der Waals surface area contributed by atoms with Crippen molar-refractivity contribution in [3.63, 3.8) is 0 Å². The molecule has 1 atom stereocenters. The van der Waals surface area contributed by atoms with Gasteiger partial charge >= 0.3 is 0 Å². The third-order valence-electron chi connectivity index (χ3n) is 3.02. The number of benzene rings is 1. The van der Waals surface area contributed by atoms with Gasteiger partial charge in [-0.1, -0.05) is 12.1 Å². The monoisotopic (exact) mass is 260 g/mol. The average molecular weight is 260 g/mol. The van der Waals surface area contributed by atoms with E-state index >= 15 is 0 Å². The van der Waals surface area contributed by atoms with Gasteiger partial charge in [0.25, 0.3) is 0 Å². The van der Waals surface area contributed by atoms with Crippen molar-refractivity contribution in [3.8, 4) is 0 Å². The number of hydrogen-bond donors (Lipinski definition) is 1. The summed E-state index contributed by atoms with van der Waals surface area (Å²) in [7, 11) is 1.86. The number of halogens is 1. The first-order valence-corrected chi connectivity index (χ1v) is 6.19. The van der Waals surface area contributed by atoms with Crippen molar-refractivity contribution in [1.29, 1.82) is 0 Å². The van der Waals surface area contributed by atoms with E-state index in [1.807, 2.05) is 18.5 Å². The number of aryl methyl sites for hydroxylation is 1. The van der Waals surface area contributed by atoms with E-state index in [0.29, 0.717) is 12.0 Å². The number of hydrogen-bond acceptors (Lipinski definition) is 2. The van der Waals surface area contributed by atoms with Crippen molar-refractivity contribution in [3.05, 3.63) is 59.2 Å². The Hall–Kier alpha value is -1.94. The molecule has 1 unspecified atom stereocenters. The number of carbonyl (C=O) groups is 1. The van der Waals surface area contributed by atoms with E-state index in [0.717, 1.165) is 5.69 Å². The number of carbonyl (C=O) groups excluding carboxylic acids is 1. The topological polar surface area (TPSA) is 48.0 Å².